The van der Waals surface area contributed by atoms with Gasteiger partial charge in [-0.25, -0.2) is 0 Å². The number of hydrogen-bond donors (Lipinski definition) is 0. The van der Waals surface area contributed by atoms with E-state index in [9.17, 15) is 0 Å². The average molecular weight is 753 g/mol. The molecule has 0 saturated carbocycles. The molecule has 0 saturated heterocycles. The minimum atomic E-state index is -1.34. The predicted octanol–water partition coefficient (Wildman–Crippen LogP) is 17.3. The molecule has 0 fully saturated rings. The average Bonchev–Trinajstić information content (AvgIpc) is 3.17. The molecule has 0 rings (SSSR count). The summed E-state index contributed by atoms with van der Waals surface area (Å²) in [4.78, 5) is 0. The molecule has 4 heteroatoms. The quantitative estimate of drug-likeness (QED) is 0.0458. The van der Waals surface area contributed by atoms with E-state index in [1.807, 2.05) is 0 Å². The Kier molecular flexibility index (Phi) is 46.1. The third-order valence-electron chi connectivity index (χ3n) is 11.1. The monoisotopic (exact) mass is 753 g/mol. The number of hydrogen-bond acceptors (Lipinski definition) is 4. The van der Waals surface area contributed by atoms with E-state index in [1.165, 1.54) is 231 Å². The number of unbranched alkanes of at least 4 members (excludes halogenated alkanes) is 36. The second-order valence-corrected chi connectivity index (χ2v) is 16.6. The van der Waals surface area contributed by atoms with Crippen LogP contribution in [0, 0.1) is 0 Å². The highest BCUT2D eigenvalue weighted by Gasteiger charge is 2.35. The fourth-order valence-electron chi connectivity index (χ4n) is 7.40. The van der Waals surface area contributed by atoms with Gasteiger partial charge < -0.3 is 18.9 Å². The summed E-state index contributed by atoms with van der Waals surface area (Å²) in [6.45, 7) is 11.8. The molecule has 0 radical (unpaired) electrons. The van der Waals surface area contributed by atoms with Crippen molar-refractivity contribution < 1.29 is 18.9 Å². The Morgan fingerprint density at radius 3 is 0.472 bits per heavy atom. The summed E-state index contributed by atoms with van der Waals surface area (Å²) in [5.41, 5.74) is 0. The summed E-state index contributed by atoms with van der Waals surface area (Å²) < 4.78 is 26.0. The Balaban J connectivity index is 4.89. The van der Waals surface area contributed by atoms with Crippen molar-refractivity contribution in [3.05, 3.63) is 0 Å². The maximum Gasteiger partial charge on any atom is 0.412 e. The lowest BCUT2D eigenvalue weighted by atomic mass is 10.1. The Morgan fingerprint density at radius 2 is 0.321 bits per heavy atom. The normalized spacial score (nSPS) is 12.0. The van der Waals surface area contributed by atoms with Crippen molar-refractivity contribution in [2.24, 2.45) is 0 Å². The van der Waals surface area contributed by atoms with Crippen LogP contribution in [0.25, 0.3) is 0 Å². The third kappa shape index (κ3) is 41.3. The molecule has 0 unspecified atom stereocenters. The van der Waals surface area contributed by atoms with Crippen molar-refractivity contribution in [1.29, 1.82) is 0 Å². The first-order valence-electron chi connectivity index (χ1n) is 24.8. The second-order valence-electron chi connectivity index (χ2n) is 16.6. The van der Waals surface area contributed by atoms with E-state index < -0.39 is 6.16 Å². The lowest BCUT2D eigenvalue weighted by Crippen LogP contribution is -2.43. The van der Waals surface area contributed by atoms with E-state index in [0.29, 0.717) is 26.4 Å². The zero-order valence-electron chi connectivity index (χ0n) is 37.2. The molecule has 0 aliphatic heterocycles. The zero-order chi connectivity index (χ0) is 38.4. The Labute approximate surface area is 335 Å². The van der Waals surface area contributed by atoms with E-state index in [0.717, 1.165) is 25.7 Å². The third-order valence-corrected chi connectivity index (χ3v) is 11.1. The molecule has 0 aromatic rings. The highest BCUT2D eigenvalue weighted by Crippen LogP contribution is 2.23. The highest BCUT2D eigenvalue weighted by molar-refractivity contribution is 4.55. The standard InChI is InChI=1S/C49H100O4/c1-5-9-13-17-21-25-29-33-37-41-45-50-49(51-46-42-38-34-30-26-22-18-14-10-6-2,52-47-43-39-35-31-27-23-19-15-11-7-3)53-48-44-40-36-32-28-24-20-16-12-8-4/h5-48H2,1-4H3. The van der Waals surface area contributed by atoms with Crippen LogP contribution in [0.3, 0.4) is 0 Å². The summed E-state index contributed by atoms with van der Waals surface area (Å²) >= 11 is 0. The van der Waals surface area contributed by atoms with Gasteiger partial charge in [-0.1, -0.05) is 259 Å². The summed E-state index contributed by atoms with van der Waals surface area (Å²) in [6, 6.07) is 0. The maximum absolute atomic E-state index is 6.51. The molecule has 0 aliphatic rings. The molecule has 53 heavy (non-hydrogen) atoms. The van der Waals surface area contributed by atoms with E-state index in [1.54, 1.807) is 0 Å². The van der Waals surface area contributed by atoms with Gasteiger partial charge in [-0.05, 0) is 25.7 Å². The molecule has 0 aliphatic carbocycles. The van der Waals surface area contributed by atoms with Gasteiger partial charge in [-0.15, -0.1) is 0 Å². The summed E-state index contributed by atoms with van der Waals surface area (Å²) in [6.07, 6.45) is 51.4. The van der Waals surface area contributed by atoms with Gasteiger partial charge in [0.15, 0.2) is 0 Å². The van der Waals surface area contributed by atoms with Crippen LogP contribution in [-0.4, -0.2) is 32.6 Å². The molecule has 0 aromatic carbocycles. The lowest BCUT2D eigenvalue weighted by molar-refractivity contribution is -0.499. The van der Waals surface area contributed by atoms with Crippen molar-refractivity contribution in [2.45, 2.75) is 291 Å². The Bertz CT molecular complexity index is 530. The van der Waals surface area contributed by atoms with Crippen LogP contribution < -0.4 is 0 Å². The largest absolute Gasteiger partial charge is 0.412 e. The summed E-state index contributed by atoms with van der Waals surface area (Å²) in [7, 11) is 0. The molecule has 0 aromatic heterocycles. The van der Waals surface area contributed by atoms with Gasteiger partial charge in [0.1, 0.15) is 0 Å². The fraction of sp³-hybridized carbons (Fsp3) is 1.00. The van der Waals surface area contributed by atoms with Gasteiger partial charge in [0.25, 0.3) is 0 Å². The van der Waals surface area contributed by atoms with Crippen molar-refractivity contribution in [2.75, 3.05) is 26.4 Å². The van der Waals surface area contributed by atoms with Crippen LogP contribution in [0.5, 0.6) is 0 Å². The van der Waals surface area contributed by atoms with Crippen LogP contribution in [0.4, 0.5) is 0 Å². The van der Waals surface area contributed by atoms with E-state index in [-0.39, 0.29) is 0 Å². The van der Waals surface area contributed by atoms with Gasteiger partial charge in [0.05, 0.1) is 26.4 Å². The van der Waals surface area contributed by atoms with Crippen LogP contribution in [0.1, 0.15) is 285 Å². The smallest absolute Gasteiger partial charge is 0.303 e. The van der Waals surface area contributed by atoms with Crippen molar-refractivity contribution in [1.82, 2.24) is 0 Å². The van der Waals surface area contributed by atoms with Gasteiger partial charge in [0, 0.05) is 0 Å². The topological polar surface area (TPSA) is 36.9 Å². The minimum Gasteiger partial charge on any atom is -0.303 e. The first-order chi connectivity index (χ1) is 26.2. The molecule has 0 spiro atoms. The van der Waals surface area contributed by atoms with E-state index in [4.69, 9.17) is 18.9 Å². The van der Waals surface area contributed by atoms with Crippen LogP contribution in [0.15, 0.2) is 0 Å². The molecule has 320 valence electrons. The Hall–Kier alpha value is -0.160. The molecule has 4 nitrogen and oxygen atoms in total. The van der Waals surface area contributed by atoms with Gasteiger partial charge >= 0.3 is 6.16 Å². The molecular formula is C49H100O4. The van der Waals surface area contributed by atoms with E-state index in [2.05, 4.69) is 27.7 Å². The first-order valence-corrected chi connectivity index (χ1v) is 24.8. The van der Waals surface area contributed by atoms with Crippen molar-refractivity contribution >= 4 is 0 Å². The molecular weight excluding hydrogens is 653 g/mol. The maximum atomic E-state index is 6.51. The number of ether oxygens (including phenoxy) is 4. The van der Waals surface area contributed by atoms with Gasteiger partial charge in [-0.3, -0.25) is 0 Å². The van der Waals surface area contributed by atoms with Crippen molar-refractivity contribution in [3.63, 3.8) is 0 Å². The minimum absolute atomic E-state index is 0.643. The van der Waals surface area contributed by atoms with Crippen molar-refractivity contribution in [3.8, 4) is 0 Å². The number of rotatable bonds is 48. The summed E-state index contributed by atoms with van der Waals surface area (Å²) in [5.74, 6) is 0. The predicted molar refractivity (Wildman–Crippen MR) is 234 cm³/mol. The lowest BCUT2D eigenvalue weighted by Gasteiger charge is -2.32. The molecule has 0 atom stereocenters. The van der Waals surface area contributed by atoms with Gasteiger partial charge in [-0.2, -0.15) is 0 Å². The highest BCUT2D eigenvalue weighted by atomic mass is 17.0. The van der Waals surface area contributed by atoms with Gasteiger partial charge in [0.2, 0.25) is 0 Å². The fourth-order valence-corrected chi connectivity index (χ4v) is 7.40. The van der Waals surface area contributed by atoms with Crippen LogP contribution >= 0.6 is 0 Å². The van der Waals surface area contributed by atoms with Crippen LogP contribution in [0.2, 0.25) is 0 Å². The van der Waals surface area contributed by atoms with E-state index >= 15 is 0 Å². The SMILES string of the molecule is CCCCCCCCCCCCOC(OCCCCCCCCCCCC)(OCCCCCCCCCCCC)OCCCCCCCCCCCC. The first kappa shape index (κ1) is 52.8. The Morgan fingerprint density at radius 1 is 0.189 bits per heavy atom. The molecule has 0 amide bonds. The summed E-state index contributed by atoms with van der Waals surface area (Å²) in [5, 5.41) is 0. The molecule has 0 heterocycles. The zero-order valence-corrected chi connectivity index (χ0v) is 37.2. The second kappa shape index (κ2) is 46.2. The van der Waals surface area contributed by atoms with Crippen LogP contribution in [-0.2, 0) is 18.9 Å². The molecule has 0 bridgehead atoms. The molecule has 0 N–H and O–H groups in total.